The Labute approximate surface area is 220 Å². The van der Waals surface area contributed by atoms with Crippen molar-refractivity contribution in [1.29, 1.82) is 0 Å². The molecule has 0 saturated heterocycles. The average molecular weight is 618 g/mol. The van der Waals surface area contributed by atoms with Crippen LogP contribution in [0.3, 0.4) is 0 Å². The first-order valence-corrected chi connectivity index (χ1v) is 21.9. The van der Waals surface area contributed by atoms with Gasteiger partial charge in [-0.15, -0.1) is 0 Å². The molecule has 0 spiro atoms. The predicted molar refractivity (Wildman–Crippen MR) is 149 cm³/mol. The van der Waals surface area contributed by atoms with Crippen LogP contribution in [0.2, 0.25) is 4.75 Å². The number of anilines is 1. The molecular weight excluding hydrogens is 594 g/mol. The first-order chi connectivity index (χ1) is 16.2. The van der Waals surface area contributed by atoms with Crippen molar-refractivity contribution in [3.63, 3.8) is 0 Å². The van der Waals surface area contributed by atoms with E-state index in [1.165, 1.54) is 0 Å². The molecule has 0 aliphatic rings. The molecule has 180 valence electrons. The zero-order valence-electron chi connectivity index (χ0n) is 18.2. The van der Waals surface area contributed by atoms with Crippen molar-refractivity contribution in [3.8, 4) is 11.5 Å². The van der Waals surface area contributed by atoms with E-state index in [0.29, 0.717) is 11.5 Å². The van der Waals surface area contributed by atoms with E-state index in [4.69, 9.17) is 51.3 Å². The van der Waals surface area contributed by atoms with Crippen LogP contribution < -0.4 is 19.7 Å². The summed E-state index contributed by atoms with van der Waals surface area (Å²) in [5, 5.41) is 6.44. The van der Waals surface area contributed by atoms with E-state index in [9.17, 15) is 4.57 Å². The normalized spacial score (nSPS) is 13.4. The monoisotopic (exact) mass is 618 g/mol. The fraction of sp³-hybridized carbons (Fsp3) is 0.174. The molecule has 3 rings (SSSR count). The number of halogens is 3. The molecular formula is C23H24Cl3GeN2O3PS. The van der Waals surface area contributed by atoms with E-state index in [-0.39, 0.29) is 16.3 Å². The van der Waals surface area contributed by atoms with Gasteiger partial charge in [0.25, 0.3) is 0 Å². The van der Waals surface area contributed by atoms with E-state index in [1.54, 1.807) is 48.5 Å². The summed E-state index contributed by atoms with van der Waals surface area (Å²) < 4.78 is 26.1. The summed E-state index contributed by atoms with van der Waals surface area (Å²) in [6, 6.07) is 27.0. The number of nitrogens with one attached hydrogen (secondary N) is 2. The van der Waals surface area contributed by atoms with E-state index >= 15 is 0 Å². The van der Waals surface area contributed by atoms with Gasteiger partial charge in [0.1, 0.15) is 0 Å². The molecule has 2 atom stereocenters. The van der Waals surface area contributed by atoms with Crippen molar-refractivity contribution in [2.75, 3.05) is 5.32 Å². The van der Waals surface area contributed by atoms with Crippen molar-refractivity contribution in [3.05, 3.63) is 91.0 Å². The maximum absolute atomic E-state index is 14.4. The third-order valence-electron chi connectivity index (χ3n) is 4.80. The van der Waals surface area contributed by atoms with E-state index in [0.717, 1.165) is 5.69 Å². The Kier molecular flexibility index (Phi) is 10.0. The molecule has 0 aromatic heterocycles. The Morgan fingerprint density at radius 2 is 1.32 bits per heavy atom. The van der Waals surface area contributed by atoms with Crippen molar-refractivity contribution in [1.82, 2.24) is 5.32 Å². The molecule has 3 aromatic carbocycles. The Balaban J connectivity index is 1.94. The Morgan fingerprint density at radius 3 is 1.76 bits per heavy atom. The molecule has 5 nitrogen and oxygen atoms in total. The average Bonchev–Trinajstić information content (AvgIpc) is 2.80. The number of thiocarbonyl (C=S) groups is 1. The minimum atomic E-state index is -3.94. The third kappa shape index (κ3) is 8.37. The molecule has 0 saturated carbocycles. The van der Waals surface area contributed by atoms with Crippen LogP contribution in [0.4, 0.5) is 5.69 Å². The van der Waals surface area contributed by atoms with Crippen molar-refractivity contribution >= 4 is 71.1 Å². The molecule has 2 unspecified atom stereocenters. The quantitative estimate of drug-likeness (QED) is 0.136. The number of rotatable bonds is 10. The first kappa shape index (κ1) is 27.2. The molecule has 2 N–H and O–H groups in total. The zero-order valence-corrected chi connectivity index (χ0v) is 24.3. The van der Waals surface area contributed by atoms with Crippen LogP contribution in [0, 0.1) is 0 Å². The summed E-state index contributed by atoms with van der Waals surface area (Å²) in [5.74, 6) is -0.120. The van der Waals surface area contributed by atoms with E-state index < -0.39 is 23.9 Å². The Morgan fingerprint density at radius 1 is 0.882 bits per heavy atom. The summed E-state index contributed by atoms with van der Waals surface area (Å²) in [4.78, 5) is 0. The standard InChI is InChI=1S/C23H24Cl3GeN2O3PS/c1-18(27(24,25)26)17-22(29-23(34)28-19-11-5-2-6-12-19)33(30,31-20-13-7-3-8-14-20)32-21-15-9-4-10-16-21/h2-16,18,22H,17H2,1H3,(H2,28,29,34). The van der Waals surface area contributed by atoms with Crippen molar-refractivity contribution in [2.45, 2.75) is 23.9 Å². The van der Waals surface area contributed by atoms with Gasteiger partial charge in [-0.3, -0.25) is 0 Å². The summed E-state index contributed by atoms with van der Waals surface area (Å²) in [5.41, 5.74) is 0.772. The second-order valence-electron chi connectivity index (χ2n) is 7.51. The van der Waals surface area contributed by atoms with Gasteiger partial charge in [-0.05, 0) is 0 Å². The summed E-state index contributed by atoms with van der Waals surface area (Å²) >= 11 is 5.52. The van der Waals surface area contributed by atoms with Gasteiger partial charge in [0, 0.05) is 0 Å². The van der Waals surface area contributed by atoms with Gasteiger partial charge in [-0.2, -0.15) is 0 Å². The molecule has 3 aromatic rings. The topological polar surface area (TPSA) is 59.6 Å². The van der Waals surface area contributed by atoms with Crippen LogP contribution in [0.5, 0.6) is 11.5 Å². The van der Waals surface area contributed by atoms with E-state index in [2.05, 4.69) is 10.6 Å². The Hall–Kier alpha value is -1.41. The Bertz CT molecular complexity index is 1060. The molecule has 0 fully saturated rings. The summed E-state index contributed by atoms with van der Waals surface area (Å²) in [7, 11) is 11.4. The first-order valence-electron chi connectivity index (χ1n) is 10.4. The predicted octanol–water partition coefficient (Wildman–Crippen LogP) is 8.09. The van der Waals surface area contributed by atoms with Crippen LogP contribution in [-0.4, -0.2) is 21.4 Å². The van der Waals surface area contributed by atoms with Gasteiger partial charge < -0.3 is 0 Å². The number of hydrogen-bond acceptors (Lipinski definition) is 4. The van der Waals surface area contributed by atoms with Crippen LogP contribution in [0.1, 0.15) is 13.3 Å². The van der Waals surface area contributed by atoms with Gasteiger partial charge in [0.15, 0.2) is 0 Å². The zero-order chi connectivity index (χ0) is 24.6. The minimum absolute atomic E-state index is 0.212. The van der Waals surface area contributed by atoms with Crippen LogP contribution >= 0.6 is 49.8 Å². The second-order valence-corrected chi connectivity index (χ2v) is 26.6. The molecule has 0 amide bonds. The summed E-state index contributed by atoms with van der Waals surface area (Å²) in [6.07, 6.45) is 0.212. The van der Waals surface area contributed by atoms with E-state index in [1.807, 2.05) is 49.4 Å². The molecule has 0 aliphatic heterocycles. The SMILES string of the molecule is C[CH](CC(NC(=S)Nc1ccccc1)P(=O)(Oc1ccccc1)Oc1ccccc1)[Ge]([Cl])([Cl])[Cl]. The fourth-order valence-corrected chi connectivity index (χ4v) is 8.17. The maximum atomic E-state index is 14.4. The third-order valence-corrected chi connectivity index (χ3v) is 15.7. The van der Waals surface area contributed by atoms with Gasteiger partial charge >= 0.3 is 222 Å². The van der Waals surface area contributed by atoms with Gasteiger partial charge in [0.2, 0.25) is 0 Å². The van der Waals surface area contributed by atoms with Crippen molar-refractivity contribution in [2.24, 2.45) is 0 Å². The van der Waals surface area contributed by atoms with Crippen LogP contribution in [0.25, 0.3) is 0 Å². The number of benzene rings is 3. The second kappa shape index (κ2) is 12.5. The fourth-order valence-electron chi connectivity index (χ4n) is 2.98. The van der Waals surface area contributed by atoms with Gasteiger partial charge in [-0.1, -0.05) is 0 Å². The van der Waals surface area contributed by atoms with Crippen LogP contribution in [0.15, 0.2) is 91.0 Å². The van der Waals surface area contributed by atoms with Crippen LogP contribution in [-0.2, 0) is 4.57 Å². The molecule has 0 bridgehead atoms. The molecule has 0 heterocycles. The molecule has 34 heavy (non-hydrogen) atoms. The van der Waals surface area contributed by atoms with Crippen molar-refractivity contribution < 1.29 is 13.6 Å². The molecule has 11 heteroatoms. The number of para-hydroxylation sites is 3. The molecule has 0 radical (unpaired) electrons. The summed E-state index contributed by atoms with van der Waals surface area (Å²) in [6.45, 7) is 1.82. The van der Waals surface area contributed by atoms with Gasteiger partial charge in [0.05, 0.1) is 0 Å². The van der Waals surface area contributed by atoms with Gasteiger partial charge in [-0.25, -0.2) is 0 Å². The molecule has 0 aliphatic carbocycles. The number of hydrogen-bond donors (Lipinski definition) is 2.